The van der Waals surface area contributed by atoms with E-state index in [2.05, 4.69) is 6.58 Å². The quantitative estimate of drug-likeness (QED) is 0.335. The molecule has 0 bridgehead atoms. The van der Waals surface area contributed by atoms with Gasteiger partial charge in [-0.3, -0.25) is 4.84 Å². The van der Waals surface area contributed by atoms with Crippen LogP contribution in [0.2, 0.25) is 0 Å². The molecule has 0 aromatic carbocycles. The van der Waals surface area contributed by atoms with Crippen LogP contribution in [0, 0.1) is 0 Å². The Morgan fingerprint density at radius 2 is 1.57 bits per heavy atom. The number of nitrogens with zero attached hydrogens (tertiary/aromatic N) is 1. The molecule has 0 atom stereocenters. The van der Waals surface area contributed by atoms with Gasteiger partial charge in [-0.2, -0.15) is 0 Å². The molecule has 0 unspecified atom stereocenters. The number of hydroxylamine groups is 3. The third-order valence-corrected chi connectivity index (χ3v) is 2.35. The van der Waals surface area contributed by atoms with Crippen molar-refractivity contribution in [1.82, 2.24) is 0 Å². The maximum absolute atomic E-state index is 11.3. The summed E-state index contributed by atoms with van der Waals surface area (Å²) in [6, 6.07) is 0. The molecule has 0 amide bonds. The van der Waals surface area contributed by atoms with E-state index < -0.39 is 0 Å². The second-order valence-corrected chi connectivity index (χ2v) is 3.17. The molecule has 0 saturated heterocycles. The number of carbonyl (C=O) groups is 1. The molecule has 0 radical (unpaired) electrons. The van der Waals surface area contributed by atoms with Crippen LogP contribution in [0.5, 0.6) is 0 Å². The van der Waals surface area contributed by atoms with E-state index in [1.807, 2.05) is 20.8 Å². The fourth-order valence-electron chi connectivity index (χ4n) is 1.12. The second kappa shape index (κ2) is 6.85. The molecule has 0 aliphatic heterocycles. The number of halogens is 1. The molecule has 0 heterocycles. The summed E-state index contributed by atoms with van der Waals surface area (Å²) >= 11 is 0. The van der Waals surface area contributed by atoms with Crippen molar-refractivity contribution in [2.45, 2.75) is 27.7 Å². The summed E-state index contributed by atoms with van der Waals surface area (Å²) in [6.45, 7) is 13.7. The van der Waals surface area contributed by atoms with Gasteiger partial charge < -0.3 is 12.4 Å². The Balaban J connectivity index is 0. The van der Waals surface area contributed by atoms with E-state index in [0.717, 1.165) is 19.6 Å². The summed E-state index contributed by atoms with van der Waals surface area (Å²) in [4.78, 5) is 16.6. The number of hydrogen-bond acceptors (Lipinski definition) is 2. The number of quaternary nitrogens is 1. The highest BCUT2D eigenvalue weighted by Gasteiger charge is 2.27. The average molecular weight is 222 g/mol. The molecule has 84 valence electrons. The maximum atomic E-state index is 11.3. The average Bonchev–Trinajstić information content (AvgIpc) is 2.14. The van der Waals surface area contributed by atoms with Gasteiger partial charge in [-0.25, -0.2) is 4.79 Å². The number of rotatable bonds is 5. The maximum Gasteiger partial charge on any atom is 0.392 e. The Hall–Kier alpha value is -0.540. The first-order valence-corrected chi connectivity index (χ1v) is 4.76. The highest BCUT2D eigenvalue weighted by atomic mass is 35.5. The van der Waals surface area contributed by atoms with Crippen LogP contribution in [0.3, 0.4) is 0 Å². The number of carbonyl (C=O) groups excluding carboxylic acids is 1. The van der Waals surface area contributed by atoms with Crippen LogP contribution >= 0.6 is 0 Å². The predicted octanol–water partition coefficient (Wildman–Crippen LogP) is -1.10. The van der Waals surface area contributed by atoms with Gasteiger partial charge in [-0.1, -0.05) is 6.58 Å². The first kappa shape index (κ1) is 15.9. The van der Waals surface area contributed by atoms with E-state index in [4.69, 9.17) is 4.84 Å². The fourth-order valence-corrected chi connectivity index (χ4v) is 1.12. The molecule has 0 rings (SSSR count). The molecule has 0 aromatic heterocycles. The number of hydrogen-bond donors (Lipinski definition) is 0. The Bertz CT molecular complexity index is 192. The fraction of sp³-hybridized carbons (Fsp3) is 0.700. The molecule has 0 saturated carbocycles. The minimum Gasteiger partial charge on any atom is -1.00 e. The van der Waals surface area contributed by atoms with E-state index in [-0.39, 0.29) is 18.4 Å². The predicted molar refractivity (Wildman–Crippen MR) is 52.8 cm³/mol. The van der Waals surface area contributed by atoms with Crippen LogP contribution in [-0.2, 0) is 9.63 Å². The summed E-state index contributed by atoms with van der Waals surface area (Å²) in [7, 11) is 0. The summed E-state index contributed by atoms with van der Waals surface area (Å²) in [6.07, 6.45) is 0. The Morgan fingerprint density at radius 3 is 1.79 bits per heavy atom. The van der Waals surface area contributed by atoms with Gasteiger partial charge in [0.15, 0.2) is 0 Å². The minimum absolute atomic E-state index is 0. The van der Waals surface area contributed by atoms with Crippen molar-refractivity contribution >= 4 is 5.97 Å². The van der Waals surface area contributed by atoms with Crippen molar-refractivity contribution < 1.29 is 26.7 Å². The molecular formula is C10H20ClNO2. The smallest absolute Gasteiger partial charge is 0.392 e. The van der Waals surface area contributed by atoms with Crippen LogP contribution < -0.4 is 12.4 Å². The van der Waals surface area contributed by atoms with E-state index in [1.54, 1.807) is 6.92 Å². The summed E-state index contributed by atoms with van der Waals surface area (Å²) in [5.74, 6) is -0.300. The lowest BCUT2D eigenvalue weighted by molar-refractivity contribution is -1.08. The largest absolute Gasteiger partial charge is 1.00 e. The monoisotopic (exact) mass is 221 g/mol. The van der Waals surface area contributed by atoms with Crippen LogP contribution in [0.4, 0.5) is 0 Å². The zero-order chi connectivity index (χ0) is 10.5. The first-order chi connectivity index (χ1) is 6.01. The van der Waals surface area contributed by atoms with Crippen LogP contribution in [0.15, 0.2) is 12.2 Å². The molecule has 0 fully saturated rings. The summed E-state index contributed by atoms with van der Waals surface area (Å²) < 4.78 is 0.381. The molecule has 0 aliphatic rings. The molecule has 0 spiro atoms. The van der Waals surface area contributed by atoms with E-state index in [1.165, 1.54) is 0 Å². The zero-order valence-electron chi connectivity index (χ0n) is 9.47. The van der Waals surface area contributed by atoms with Gasteiger partial charge in [0.1, 0.15) is 19.6 Å². The topological polar surface area (TPSA) is 26.3 Å². The SMILES string of the molecule is C=C(C)C(=O)O[N+](CC)(CC)CC.[Cl-]. The van der Waals surface area contributed by atoms with Crippen molar-refractivity contribution in [3.8, 4) is 0 Å². The van der Waals surface area contributed by atoms with Gasteiger partial charge in [-0.15, -0.1) is 4.65 Å². The van der Waals surface area contributed by atoms with Crippen molar-refractivity contribution in [3.05, 3.63) is 12.2 Å². The molecule has 14 heavy (non-hydrogen) atoms. The van der Waals surface area contributed by atoms with E-state index >= 15 is 0 Å². The third kappa shape index (κ3) is 4.11. The van der Waals surface area contributed by atoms with Gasteiger partial charge in [0.25, 0.3) is 0 Å². The van der Waals surface area contributed by atoms with Crippen LogP contribution in [0.1, 0.15) is 27.7 Å². The minimum atomic E-state index is -0.300. The van der Waals surface area contributed by atoms with E-state index in [0.29, 0.717) is 10.2 Å². The molecule has 0 aromatic rings. The lowest BCUT2D eigenvalue weighted by Gasteiger charge is -2.31. The van der Waals surface area contributed by atoms with Gasteiger partial charge in [0.2, 0.25) is 0 Å². The van der Waals surface area contributed by atoms with Gasteiger partial charge >= 0.3 is 5.97 Å². The molecule has 4 heteroatoms. The third-order valence-electron chi connectivity index (χ3n) is 2.35. The summed E-state index contributed by atoms with van der Waals surface area (Å²) in [5.41, 5.74) is 0.456. The molecular weight excluding hydrogens is 202 g/mol. The van der Waals surface area contributed by atoms with Gasteiger partial charge in [0.05, 0.1) is 0 Å². The Kier molecular flexibility index (Phi) is 7.78. The van der Waals surface area contributed by atoms with Crippen molar-refractivity contribution in [2.75, 3.05) is 19.6 Å². The summed E-state index contributed by atoms with van der Waals surface area (Å²) in [5, 5.41) is 0. The highest BCUT2D eigenvalue weighted by molar-refractivity contribution is 5.86. The molecule has 3 nitrogen and oxygen atoms in total. The van der Waals surface area contributed by atoms with Crippen LogP contribution in [-0.4, -0.2) is 30.2 Å². The first-order valence-electron chi connectivity index (χ1n) is 4.76. The highest BCUT2D eigenvalue weighted by Crippen LogP contribution is 2.09. The van der Waals surface area contributed by atoms with E-state index in [9.17, 15) is 4.79 Å². The van der Waals surface area contributed by atoms with Crippen molar-refractivity contribution in [2.24, 2.45) is 0 Å². The van der Waals surface area contributed by atoms with Crippen LogP contribution in [0.25, 0.3) is 0 Å². The zero-order valence-corrected chi connectivity index (χ0v) is 10.2. The molecule has 0 aliphatic carbocycles. The Morgan fingerprint density at radius 1 is 1.21 bits per heavy atom. The Labute approximate surface area is 92.7 Å². The normalized spacial score (nSPS) is 10.3. The lowest BCUT2D eigenvalue weighted by atomic mass is 10.4. The van der Waals surface area contributed by atoms with Crippen molar-refractivity contribution in [1.29, 1.82) is 0 Å². The van der Waals surface area contributed by atoms with Gasteiger partial charge in [-0.05, 0) is 27.7 Å². The standard InChI is InChI=1S/C10H20NO2.ClH/c1-6-11(7-2,8-3)13-10(12)9(4)5;/h4,6-8H2,1-3,5H3;1H/q+1;/p-1. The lowest BCUT2D eigenvalue weighted by Crippen LogP contribution is -3.00. The molecule has 0 N–H and O–H groups in total. The second-order valence-electron chi connectivity index (χ2n) is 3.17. The van der Waals surface area contributed by atoms with Gasteiger partial charge in [0, 0.05) is 5.57 Å². The van der Waals surface area contributed by atoms with Crippen molar-refractivity contribution in [3.63, 3.8) is 0 Å².